The van der Waals surface area contributed by atoms with Crippen LogP contribution in [-0.4, -0.2) is 0 Å². The maximum atomic E-state index is 5.88. The minimum Gasteiger partial charge on any atom is -0.118 e. The number of alkyl halides is 1. The summed E-state index contributed by atoms with van der Waals surface area (Å²) in [5, 5.41) is 0.125. The van der Waals surface area contributed by atoms with E-state index in [4.69, 9.17) is 11.6 Å². The van der Waals surface area contributed by atoms with E-state index in [1.54, 1.807) is 0 Å². The Morgan fingerprint density at radius 1 is 1.25 bits per heavy atom. The predicted octanol–water partition coefficient (Wildman–Crippen LogP) is 4.32. The summed E-state index contributed by atoms with van der Waals surface area (Å²) in [5.41, 5.74) is 2.46. The summed E-state index contributed by atoms with van der Waals surface area (Å²) in [6.07, 6.45) is 0. The van der Waals surface area contributed by atoms with Gasteiger partial charge < -0.3 is 0 Å². The van der Waals surface area contributed by atoms with Gasteiger partial charge in [0.25, 0.3) is 0 Å². The first kappa shape index (κ1) is 11.5. The average molecular weight is 185 g/mol. The number of hydrogen-bond donors (Lipinski definition) is 0. The lowest BCUT2D eigenvalue weighted by Gasteiger charge is -2.02. The van der Waals surface area contributed by atoms with Crippen LogP contribution >= 0.6 is 11.6 Å². The van der Waals surface area contributed by atoms with Gasteiger partial charge in [-0.2, -0.15) is 0 Å². The summed E-state index contributed by atoms with van der Waals surface area (Å²) in [7, 11) is 0. The zero-order valence-electron chi connectivity index (χ0n) is 8.26. The third-order valence-electron chi connectivity index (χ3n) is 1.50. The molecule has 1 aromatic carbocycles. The lowest BCUT2D eigenvalue weighted by molar-refractivity contribution is 1.08. The molecule has 0 nitrogen and oxygen atoms in total. The van der Waals surface area contributed by atoms with E-state index in [9.17, 15) is 0 Å². The molecule has 0 aromatic heterocycles. The van der Waals surface area contributed by atoms with Crippen LogP contribution in [0.25, 0.3) is 0 Å². The van der Waals surface area contributed by atoms with Crippen LogP contribution in [0.3, 0.4) is 0 Å². The molecular formula is C11H17Cl. The van der Waals surface area contributed by atoms with Crippen LogP contribution in [-0.2, 0) is 0 Å². The SMILES string of the molecule is CC.Cc1cccc(C(C)Cl)c1. The molecular weight excluding hydrogens is 168 g/mol. The topological polar surface area (TPSA) is 0 Å². The fraction of sp³-hybridized carbons (Fsp3) is 0.455. The Balaban J connectivity index is 0.000000561. The molecule has 0 aliphatic heterocycles. The number of rotatable bonds is 1. The van der Waals surface area contributed by atoms with Crippen molar-refractivity contribution in [2.75, 3.05) is 0 Å². The van der Waals surface area contributed by atoms with E-state index < -0.39 is 0 Å². The summed E-state index contributed by atoms with van der Waals surface area (Å²) < 4.78 is 0. The predicted molar refractivity (Wildman–Crippen MR) is 56.8 cm³/mol. The van der Waals surface area contributed by atoms with Crippen LogP contribution in [0.5, 0.6) is 0 Å². The van der Waals surface area contributed by atoms with Crippen molar-refractivity contribution < 1.29 is 0 Å². The molecule has 1 unspecified atom stereocenters. The molecule has 0 radical (unpaired) electrons. The van der Waals surface area contributed by atoms with Gasteiger partial charge in [0, 0.05) is 0 Å². The molecule has 0 aliphatic rings. The second-order valence-electron chi connectivity index (χ2n) is 2.53. The van der Waals surface area contributed by atoms with Gasteiger partial charge in [-0.1, -0.05) is 43.7 Å². The average Bonchev–Trinajstić information content (AvgIpc) is 2.08. The van der Waals surface area contributed by atoms with Gasteiger partial charge in [0.2, 0.25) is 0 Å². The molecule has 0 amide bonds. The van der Waals surface area contributed by atoms with E-state index in [0.717, 1.165) is 0 Å². The Morgan fingerprint density at radius 3 is 2.17 bits per heavy atom. The van der Waals surface area contributed by atoms with Crippen LogP contribution in [0, 0.1) is 6.92 Å². The first-order chi connectivity index (χ1) is 5.70. The van der Waals surface area contributed by atoms with Crippen molar-refractivity contribution in [3.8, 4) is 0 Å². The van der Waals surface area contributed by atoms with Gasteiger partial charge >= 0.3 is 0 Å². The van der Waals surface area contributed by atoms with Crippen molar-refractivity contribution in [3.63, 3.8) is 0 Å². The quantitative estimate of drug-likeness (QED) is 0.571. The molecule has 0 heterocycles. The number of halogens is 1. The van der Waals surface area contributed by atoms with Crippen LogP contribution in [0.2, 0.25) is 0 Å². The maximum Gasteiger partial charge on any atom is 0.0557 e. The Labute approximate surface area is 80.6 Å². The minimum absolute atomic E-state index is 0.125. The summed E-state index contributed by atoms with van der Waals surface area (Å²) in [6, 6.07) is 8.26. The van der Waals surface area contributed by atoms with Gasteiger partial charge in [-0.15, -0.1) is 11.6 Å². The summed E-state index contributed by atoms with van der Waals surface area (Å²) >= 11 is 5.88. The van der Waals surface area contributed by atoms with Gasteiger partial charge in [0.15, 0.2) is 0 Å². The van der Waals surface area contributed by atoms with Crippen molar-refractivity contribution >= 4 is 11.6 Å². The molecule has 0 bridgehead atoms. The van der Waals surface area contributed by atoms with E-state index in [-0.39, 0.29) is 5.38 Å². The van der Waals surface area contributed by atoms with E-state index in [1.807, 2.05) is 32.9 Å². The molecule has 0 spiro atoms. The Kier molecular flexibility index (Phi) is 5.83. The van der Waals surface area contributed by atoms with Gasteiger partial charge in [-0.3, -0.25) is 0 Å². The van der Waals surface area contributed by atoms with E-state index in [1.165, 1.54) is 11.1 Å². The molecule has 0 saturated carbocycles. The van der Waals surface area contributed by atoms with Crippen molar-refractivity contribution in [2.45, 2.75) is 33.1 Å². The second kappa shape index (κ2) is 6.07. The molecule has 0 fully saturated rings. The zero-order valence-corrected chi connectivity index (χ0v) is 9.02. The highest BCUT2D eigenvalue weighted by Crippen LogP contribution is 2.19. The first-order valence-electron chi connectivity index (χ1n) is 4.41. The minimum atomic E-state index is 0.125. The molecule has 0 saturated heterocycles. The van der Waals surface area contributed by atoms with E-state index in [0.29, 0.717) is 0 Å². The van der Waals surface area contributed by atoms with Crippen LogP contribution in [0.15, 0.2) is 24.3 Å². The fourth-order valence-electron chi connectivity index (χ4n) is 0.918. The Hall–Kier alpha value is -0.490. The second-order valence-corrected chi connectivity index (χ2v) is 3.18. The van der Waals surface area contributed by atoms with Gasteiger partial charge in [0.1, 0.15) is 0 Å². The third kappa shape index (κ3) is 3.77. The summed E-state index contributed by atoms with van der Waals surface area (Å²) in [4.78, 5) is 0. The van der Waals surface area contributed by atoms with E-state index >= 15 is 0 Å². The van der Waals surface area contributed by atoms with Gasteiger partial charge in [-0.25, -0.2) is 0 Å². The molecule has 0 N–H and O–H groups in total. The lowest BCUT2D eigenvalue weighted by atomic mass is 10.1. The molecule has 1 heteroatoms. The highest BCUT2D eigenvalue weighted by Gasteiger charge is 1.98. The van der Waals surface area contributed by atoms with Gasteiger partial charge in [0.05, 0.1) is 5.38 Å². The standard InChI is InChI=1S/C9H11Cl.C2H6/c1-7-4-3-5-9(6-7)8(2)10;1-2/h3-6,8H,1-2H3;1-2H3. The Bertz CT molecular complexity index is 216. The summed E-state index contributed by atoms with van der Waals surface area (Å²) in [6.45, 7) is 8.05. The molecule has 1 atom stereocenters. The molecule has 0 aliphatic carbocycles. The zero-order chi connectivity index (χ0) is 9.56. The smallest absolute Gasteiger partial charge is 0.0557 e. The van der Waals surface area contributed by atoms with Crippen LogP contribution < -0.4 is 0 Å². The van der Waals surface area contributed by atoms with E-state index in [2.05, 4.69) is 19.1 Å². The molecule has 1 rings (SSSR count). The number of hydrogen-bond acceptors (Lipinski definition) is 0. The van der Waals surface area contributed by atoms with Crippen molar-refractivity contribution in [3.05, 3.63) is 35.4 Å². The molecule has 12 heavy (non-hydrogen) atoms. The normalized spacial score (nSPS) is 11.4. The monoisotopic (exact) mass is 184 g/mol. The largest absolute Gasteiger partial charge is 0.118 e. The fourth-order valence-corrected chi connectivity index (χ4v) is 1.05. The number of benzene rings is 1. The molecule has 1 aromatic rings. The Morgan fingerprint density at radius 2 is 1.83 bits per heavy atom. The van der Waals surface area contributed by atoms with Crippen molar-refractivity contribution in [1.82, 2.24) is 0 Å². The third-order valence-corrected chi connectivity index (χ3v) is 1.75. The maximum absolute atomic E-state index is 5.88. The van der Waals surface area contributed by atoms with Crippen molar-refractivity contribution in [1.29, 1.82) is 0 Å². The summed E-state index contributed by atoms with van der Waals surface area (Å²) in [5.74, 6) is 0. The highest BCUT2D eigenvalue weighted by molar-refractivity contribution is 6.20. The number of aryl methyl sites for hydroxylation is 1. The lowest BCUT2D eigenvalue weighted by Crippen LogP contribution is -1.83. The van der Waals surface area contributed by atoms with Crippen LogP contribution in [0.1, 0.15) is 37.3 Å². The van der Waals surface area contributed by atoms with Crippen molar-refractivity contribution in [2.24, 2.45) is 0 Å². The van der Waals surface area contributed by atoms with Gasteiger partial charge in [-0.05, 0) is 19.4 Å². The first-order valence-corrected chi connectivity index (χ1v) is 4.84. The highest BCUT2D eigenvalue weighted by atomic mass is 35.5. The van der Waals surface area contributed by atoms with Crippen LogP contribution in [0.4, 0.5) is 0 Å². The molecule has 68 valence electrons.